The van der Waals surface area contributed by atoms with Crippen LogP contribution in [0.3, 0.4) is 0 Å². The van der Waals surface area contributed by atoms with E-state index in [-0.39, 0.29) is 5.41 Å². The third kappa shape index (κ3) is 4.13. The summed E-state index contributed by atoms with van der Waals surface area (Å²) in [6.45, 7) is 11.7. The number of para-hydroxylation sites is 1. The standard InChI is InChI=1S/C38H32N4OSi/c1-38(2)31-14-7-6-10-26(31)27-20-17-24(22-32(27)38)35-40-34(23-15-18-25(19-16-23)44(3,4)5)41-36(42-35)30-12-8-11-28-29-13-9-21-39-37(29)43-33(28)30/h6-22H,1-5H3. The van der Waals surface area contributed by atoms with Gasteiger partial charge in [-0.3, -0.25) is 0 Å². The van der Waals surface area contributed by atoms with Crippen molar-refractivity contribution in [1.29, 1.82) is 0 Å². The Bertz CT molecular complexity index is 2240. The quantitative estimate of drug-likeness (QED) is 0.192. The van der Waals surface area contributed by atoms with Crippen LogP contribution in [0.2, 0.25) is 19.6 Å². The van der Waals surface area contributed by atoms with Crippen LogP contribution in [0.4, 0.5) is 0 Å². The van der Waals surface area contributed by atoms with E-state index in [0.29, 0.717) is 23.2 Å². The fraction of sp³-hybridized carbons (Fsp3) is 0.158. The fourth-order valence-corrected chi connectivity index (χ4v) is 7.69. The molecule has 0 unspecified atom stereocenters. The number of fused-ring (bicyclic) bond motifs is 6. The minimum Gasteiger partial charge on any atom is -0.437 e. The van der Waals surface area contributed by atoms with Crippen LogP contribution in [0.5, 0.6) is 0 Å². The van der Waals surface area contributed by atoms with Gasteiger partial charge in [-0.15, -0.1) is 0 Å². The molecule has 0 radical (unpaired) electrons. The zero-order valence-corrected chi connectivity index (χ0v) is 26.5. The van der Waals surface area contributed by atoms with Crippen LogP contribution in [0.1, 0.15) is 25.0 Å². The lowest BCUT2D eigenvalue weighted by Crippen LogP contribution is -2.37. The highest BCUT2D eigenvalue weighted by Gasteiger charge is 2.35. The van der Waals surface area contributed by atoms with Crippen molar-refractivity contribution in [1.82, 2.24) is 19.9 Å². The minimum atomic E-state index is -1.45. The summed E-state index contributed by atoms with van der Waals surface area (Å²) in [5.41, 5.74) is 9.14. The summed E-state index contributed by atoms with van der Waals surface area (Å²) in [5.74, 6) is 1.86. The summed E-state index contributed by atoms with van der Waals surface area (Å²) in [5, 5.41) is 3.36. The second kappa shape index (κ2) is 9.53. The van der Waals surface area contributed by atoms with Crippen LogP contribution in [0, 0.1) is 0 Å². The Balaban J connectivity index is 1.34. The van der Waals surface area contributed by atoms with Gasteiger partial charge in [0.25, 0.3) is 0 Å². The van der Waals surface area contributed by atoms with Crippen molar-refractivity contribution in [2.45, 2.75) is 38.9 Å². The molecule has 0 atom stereocenters. The van der Waals surface area contributed by atoms with E-state index in [0.717, 1.165) is 33.0 Å². The summed E-state index contributed by atoms with van der Waals surface area (Å²) in [6, 6.07) is 34.1. The number of benzene rings is 4. The number of hydrogen-bond donors (Lipinski definition) is 0. The zero-order valence-electron chi connectivity index (χ0n) is 25.5. The molecule has 214 valence electrons. The molecule has 6 heteroatoms. The Morgan fingerprint density at radius 3 is 2.05 bits per heavy atom. The predicted molar refractivity (Wildman–Crippen MR) is 182 cm³/mol. The van der Waals surface area contributed by atoms with E-state index in [1.165, 1.54) is 27.4 Å². The Hall–Kier alpha value is -4.94. The van der Waals surface area contributed by atoms with Crippen molar-refractivity contribution in [2.75, 3.05) is 0 Å². The van der Waals surface area contributed by atoms with Gasteiger partial charge in [0.05, 0.1) is 13.6 Å². The molecule has 0 N–H and O–H groups in total. The maximum absolute atomic E-state index is 6.30. The van der Waals surface area contributed by atoms with Crippen molar-refractivity contribution >= 4 is 35.3 Å². The first kappa shape index (κ1) is 26.7. The number of rotatable bonds is 4. The average molecular weight is 589 g/mol. The SMILES string of the molecule is CC1(C)c2ccccc2-c2ccc(-c3nc(-c4ccc([Si](C)(C)C)cc4)nc(-c4cccc5c4oc4ncccc45)n3)cc21. The number of nitrogens with zero attached hydrogens (tertiary/aromatic N) is 4. The van der Waals surface area contributed by atoms with Crippen LogP contribution in [0.25, 0.3) is 67.4 Å². The Morgan fingerprint density at radius 1 is 0.591 bits per heavy atom. The summed E-state index contributed by atoms with van der Waals surface area (Å²) >= 11 is 0. The van der Waals surface area contributed by atoms with Crippen LogP contribution in [-0.2, 0) is 5.41 Å². The molecule has 0 fully saturated rings. The molecule has 0 saturated heterocycles. The fourth-order valence-electron chi connectivity index (χ4n) is 6.53. The molecule has 3 heterocycles. The van der Waals surface area contributed by atoms with E-state index in [9.17, 15) is 0 Å². The number of furan rings is 1. The first-order valence-corrected chi connectivity index (χ1v) is 18.6. The lowest BCUT2D eigenvalue weighted by atomic mass is 9.82. The van der Waals surface area contributed by atoms with Gasteiger partial charge in [-0.1, -0.05) is 111 Å². The lowest BCUT2D eigenvalue weighted by molar-refractivity contribution is 0.654. The van der Waals surface area contributed by atoms with Gasteiger partial charge in [0.2, 0.25) is 5.71 Å². The Labute approximate surface area is 257 Å². The van der Waals surface area contributed by atoms with Crippen LogP contribution in [-0.4, -0.2) is 28.0 Å². The molecule has 8 rings (SSSR count). The van der Waals surface area contributed by atoms with Gasteiger partial charge >= 0.3 is 0 Å². The Morgan fingerprint density at radius 2 is 1.25 bits per heavy atom. The molecule has 0 bridgehead atoms. The molecule has 1 aliphatic carbocycles. The molecular weight excluding hydrogens is 557 g/mol. The van der Waals surface area contributed by atoms with Crippen molar-refractivity contribution in [2.24, 2.45) is 0 Å². The second-order valence-corrected chi connectivity index (χ2v) is 18.3. The summed E-state index contributed by atoms with van der Waals surface area (Å²) in [6.07, 6.45) is 1.75. The largest absolute Gasteiger partial charge is 0.437 e. The van der Waals surface area contributed by atoms with Gasteiger partial charge < -0.3 is 4.42 Å². The number of hydrogen-bond acceptors (Lipinski definition) is 5. The molecule has 5 nitrogen and oxygen atoms in total. The predicted octanol–water partition coefficient (Wildman–Crippen LogP) is 9.02. The van der Waals surface area contributed by atoms with Gasteiger partial charge in [0.15, 0.2) is 17.5 Å². The third-order valence-electron chi connectivity index (χ3n) is 9.00. The second-order valence-electron chi connectivity index (χ2n) is 13.2. The van der Waals surface area contributed by atoms with Crippen molar-refractivity contribution in [3.63, 3.8) is 0 Å². The highest BCUT2D eigenvalue weighted by Crippen LogP contribution is 2.49. The van der Waals surface area contributed by atoms with E-state index >= 15 is 0 Å². The zero-order chi connectivity index (χ0) is 30.2. The summed E-state index contributed by atoms with van der Waals surface area (Å²) < 4.78 is 6.30. The van der Waals surface area contributed by atoms with Gasteiger partial charge in [-0.2, -0.15) is 0 Å². The maximum Gasteiger partial charge on any atom is 0.227 e. The smallest absolute Gasteiger partial charge is 0.227 e. The highest BCUT2D eigenvalue weighted by atomic mass is 28.3. The van der Waals surface area contributed by atoms with E-state index in [1.807, 2.05) is 24.3 Å². The topological polar surface area (TPSA) is 64.7 Å². The molecule has 0 amide bonds. The highest BCUT2D eigenvalue weighted by molar-refractivity contribution is 6.88. The molecule has 4 aromatic carbocycles. The van der Waals surface area contributed by atoms with Crippen LogP contribution >= 0.6 is 0 Å². The normalized spacial score (nSPS) is 13.8. The molecule has 0 spiro atoms. The van der Waals surface area contributed by atoms with E-state index in [1.54, 1.807) is 6.20 Å². The van der Waals surface area contributed by atoms with Gasteiger partial charge in [0.1, 0.15) is 5.58 Å². The summed E-state index contributed by atoms with van der Waals surface area (Å²) in [7, 11) is -1.45. The van der Waals surface area contributed by atoms with Gasteiger partial charge in [-0.05, 0) is 46.5 Å². The molecular formula is C38H32N4OSi. The molecule has 3 aromatic heterocycles. The van der Waals surface area contributed by atoms with Crippen molar-refractivity contribution in [3.8, 4) is 45.3 Å². The molecule has 0 aliphatic heterocycles. The molecule has 1 aliphatic rings. The van der Waals surface area contributed by atoms with Gasteiger partial charge in [-0.25, -0.2) is 19.9 Å². The van der Waals surface area contributed by atoms with Crippen molar-refractivity contribution < 1.29 is 4.42 Å². The van der Waals surface area contributed by atoms with Gasteiger partial charge in [0, 0.05) is 33.5 Å². The average Bonchev–Trinajstić information content (AvgIpc) is 3.53. The van der Waals surface area contributed by atoms with E-state index in [4.69, 9.17) is 19.4 Å². The van der Waals surface area contributed by atoms with E-state index in [2.05, 4.69) is 111 Å². The Kier molecular flexibility index (Phi) is 5.78. The number of pyridine rings is 1. The van der Waals surface area contributed by atoms with Crippen LogP contribution in [0.15, 0.2) is 108 Å². The van der Waals surface area contributed by atoms with E-state index < -0.39 is 8.07 Å². The maximum atomic E-state index is 6.30. The number of aromatic nitrogens is 4. The monoisotopic (exact) mass is 588 g/mol. The van der Waals surface area contributed by atoms with Crippen LogP contribution < -0.4 is 5.19 Å². The third-order valence-corrected chi connectivity index (χ3v) is 11.1. The minimum absolute atomic E-state index is 0.125. The first-order valence-electron chi connectivity index (χ1n) is 15.1. The lowest BCUT2D eigenvalue weighted by Gasteiger charge is -2.21. The first-order chi connectivity index (χ1) is 21.2. The molecule has 0 saturated carbocycles. The molecule has 44 heavy (non-hydrogen) atoms. The molecule has 7 aromatic rings. The summed E-state index contributed by atoms with van der Waals surface area (Å²) in [4.78, 5) is 19.7. The van der Waals surface area contributed by atoms with Crippen molar-refractivity contribution in [3.05, 3.63) is 114 Å².